The molecule has 0 aromatic heterocycles. The van der Waals surface area contributed by atoms with E-state index in [4.69, 9.17) is 4.74 Å². The van der Waals surface area contributed by atoms with E-state index < -0.39 is 4.92 Å². The predicted octanol–water partition coefficient (Wildman–Crippen LogP) is 3.64. The second kappa shape index (κ2) is 11.9. The maximum Gasteiger partial charge on any atom is 0.269 e. The summed E-state index contributed by atoms with van der Waals surface area (Å²) in [7, 11) is 1.63. The van der Waals surface area contributed by atoms with Gasteiger partial charge in [0.15, 0.2) is 5.96 Å². The number of halogens is 1. The summed E-state index contributed by atoms with van der Waals surface area (Å²) < 4.78 is 5.22. The fourth-order valence-electron chi connectivity index (χ4n) is 2.21. The quantitative estimate of drug-likeness (QED) is 0.150. The molecule has 0 fully saturated rings. The molecule has 0 amide bonds. The minimum absolute atomic E-state index is 0. The molecule has 2 aromatic carbocycles. The van der Waals surface area contributed by atoms with E-state index >= 15 is 0 Å². The van der Waals surface area contributed by atoms with Gasteiger partial charge >= 0.3 is 0 Å². The van der Waals surface area contributed by atoms with E-state index in [-0.39, 0.29) is 29.7 Å². The van der Waals surface area contributed by atoms with Gasteiger partial charge in [-0.05, 0) is 23.3 Å². The number of non-ortho nitro benzene ring substituents is 1. The van der Waals surface area contributed by atoms with Crippen molar-refractivity contribution in [3.05, 3.63) is 82.4 Å². The van der Waals surface area contributed by atoms with E-state index in [1.165, 1.54) is 12.1 Å². The molecular weight excluding hydrogens is 459 g/mol. The summed E-state index contributed by atoms with van der Waals surface area (Å²) in [6.45, 7) is 5.26. The maximum absolute atomic E-state index is 10.7. The molecule has 0 heterocycles. The van der Waals surface area contributed by atoms with E-state index in [1.54, 1.807) is 25.3 Å². The lowest BCUT2D eigenvalue weighted by molar-refractivity contribution is -0.384. The number of nitro groups is 1. The van der Waals surface area contributed by atoms with Crippen molar-refractivity contribution in [1.82, 2.24) is 10.6 Å². The first kappa shape index (κ1) is 22.4. The van der Waals surface area contributed by atoms with Crippen LogP contribution in [0.25, 0.3) is 0 Å². The van der Waals surface area contributed by atoms with E-state index in [0.29, 0.717) is 25.6 Å². The van der Waals surface area contributed by atoms with Crippen molar-refractivity contribution < 1.29 is 9.66 Å². The number of nitrogens with one attached hydrogen (secondary N) is 2. The Morgan fingerprint density at radius 1 is 1.22 bits per heavy atom. The van der Waals surface area contributed by atoms with Gasteiger partial charge in [-0.1, -0.05) is 30.3 Å². The van der Waals surface area contributed by atoms with Gasteiger partial charge < -0.3 is 15.4 Å². The average Bonchev–Trinajstić information content (AvgIpc) is 2.67. The third kappa shape index (κ3) is 7.65. The van der Waals surface area contributed by atoms with Crippen molar-refractivity contribution in [3.63, 3.8) is 0 Å². The van der Waals surface area contributed by atoms with Crippen molar-refractivity contribution in [1.29, 1.82) is 0 Å². The van der Waals surface area contributed by atoms with Crippen molar-refractivity contribution in [2.75, 3.05) is 13.7 Å². The lowest BCUT2D eigenvalue weighted by atomic mass is 10.2. The number of hydrogen-bond acceptors (Lipinski definition) is 4. The molecule has 2 aromatic rings. The topological polar surface area (TPSA) is 88.8 Å². The highest BCUT2D eigenvalue weighted by Gasteiger charge is 2.04. The molecule has 0 radical (unpaired) electrons. The summed E-state index contributed by atoms with van der Waals surface area (Å²) in [6, 6.07) is 14.1. The van der Waals surface area contributed by atoms with Crippen molar-refractivity contribution in [2.24, 2.45) is 4.99 Å². The molecule has 0 saturated carbocycles. The molecule has 0 aliphatic heterocycles. The average molecular weight is 482 g/mol. The van der Waals surface area contributed by atoms with E-state index in [1.807, 2.05) is 24.3 Å². The minimum Gasteiger partial charge on any atom is -0.497 e. The van der Waals surface area contributed by atoms with Crippen LogP contribution >= 0.6 is 24.0 Å². The summed E-state index contributed by atoms with van der Waals surface area (Å²) in [5.74, 6) is 1.42. The van der Waals surface area contributed by atoms with E-state index in [9.17, 15) is 10.1 Å². The zero-order chi connectivity index (χ0) is 18.8. The summed E-state index contributed by atoms with van der Waals surface area (Å²) >= 11 is 0. The zero-order valence-corrected chi connectivity index (χ0v) is 17.4. The lowest BCUT2D eigenvalue weighted by Gasteiger charge is -2.12. The molecule has 0 bridgehead atoms. The van der Waals surface area contributed by atoms with Gasteiger partial charge in [0, 0.05) is 25.2 Å². The molecule has 0 saturated heterocycles. The first-order valence-corrected chi connectivity index (χ1v) is 8.11. The Morgan fingerprint density at radius 3 is 2.59 bits per heavy atom. The first-order chi connectivity index (χ1) is 12.6. The second-order valence-electron chi connectivity index (χ2n) is 5.46. The molecule has 27 heavy (non-hydrogen) atoms. The number of hydrogen-bond donors (Lipinski definition) is 2. The van der Waals surface area contributed by atoms with Crippen LogP contribution in [0.3, 0.4) is 0 Å². The van der Waals surface area contributed by atoms with Crippen LogP contribution in [0.15, 0.2) is 66.2 Å². The molecular formula is C19H23IN4O3. The van der Waals surface area contributed by atoms with E-state index in [0.717, 1.165) is 16.9 Å². The molecule has 7 nitrogen and oxygen atoms in total. The SMILES string of the molecule is C=CCNC(=NCc1cccc(OC)c1)NCc1ccc([N+](=O)[O-])cc1.I. The Hall–Kier alpha value is -2.62. The molecule has 0 unspecified atom stereocenters. The monoisotopic (exact) mass is 482 g/mol. The van der Waals surface area contributed by atoms with Gasteiger partial charge in [-0.3, -0.25) is 10.1 Å². The van der Waals surface area contributed by atoms with Gasteiger partial charge in [-0.15, -0.1) is 30.6 Å². The Kier molecular flexibility index (Phi) is 9.88. The number of methoxy groups -OCH3 is 1. The minimum atomic E-state index is -0.413. The highest BCUT2D eigenvalue weighted by molar-refractivity contribution is 14.0. The molecule has 144 valence electrons. The Morgan fingerprint density at radius 2 is 1.96 bits per heavy atom. The van der Waals surface area contributed by atoms with Crippen molar-refractivity contribution in [3.8, 4) is 5.75 Å². The van der Waals surface area contributed by atoms with Crippen LogP contribution in [0.5, 0.6) is 5.75 Å². The van der Waals surface area contributed by atoms with Crippen LogP contribution in [0.2, 0.25) is 0 Å². The first-order valence-electron chi connectivity index (χ1n) is 8.11. The normalized spacial score (nSPS) is 10.5. The fraction of sp³-hybridized carbons (Fsp3) is 0.211. The molecule has 0 aliphatic rings. The molecule has 0 aliphatic carbocycles. The van der Waals surface area contributed by atoms with Crippen molar-refractivity contribution in [2.45, 2.75) is 13.1 Å². The van der Waals surface area contributed by atoms with Crippen LogP contribution in [0.4, 0.5) is 5.69 Å². The third-order valence-electron chi connectivity index (χ3n) is 3.57. The number of nitrogens with zero attached hydrogens (tertiary/aromatic N) is 2. The summed E-state index contributed by atoms with van der Waals surface area (Å²) in [5.41, 5.74) is 2.02. The zero-order valence-electron chi connectivity index (χ0n) is 15.1. The highest BCUT2D eigenvalue weighted by atomic mass is 127. The molecule has 2 rings (SSSR count). The Balaban J connectivity index is 0.00000364. The van der Waals surface area contributed by atoms with Gasteiger partial charge in [0.2, 0.25) is 0 Å². The van der Waals surface area contributed by atoms with Crippen molar-refractivity contribution >= 4 is 35.6 Å². The summed E-state index contributed by atoms with van der Waals surface area (Å²) in [4.78, 5) is 14.8. The largest absolute Gasteiger partial charge is 0.497 e. The van der Waals surface area contributed by atoms with E-state index in [2.05, 4.69) is 22.2 Å². The van der Waals surface area contributed by atoms with Crippen LogP contribution < -0.4 is 15.4 Å². The second-order valence-corrected chi connectivity index (χ2v) is 5.46. The number of nitro benzene ring substituents is 1. The predicted molar refractivity (Wildman–Crippen MR) is 118 cm³/mol. The summed E-state index contributed by atoms with van der Waals surface area (Å²) in [5, 5.41) is 17.1. The maximum atomic E-state index is 10.7. The van der Waals surface area contributed by atoms with Crippen LogP contribution in [-0.4, -0.2) is 24.5 Å². The molecule has 0 atom stereocenters. The van der Waals surface area contributed by atoms with Crippen LogP contribution in [-0.2, 0) is 13.1 Å². The number of benzene rings is 2. The van der Waals surface area contributed by atoms with Crippen LogP contribution in [0.1, 0.15) is 11.1 Å². The smallest absolute Gasteiger partial charge is 0.269 e. The number of guanidine groups is 1. The fourth-order valence-corrected chi connectivity index (χ4v) is 2.21. The molecule has 0 spiro atoms. The number of rotatable bonds is 8. The third-order valence-corrected chi connectivity index (χ3v) is 3.57. The number of aliphatic imine (C=N–C) groups is 1. The van der Waals surface area contributed by atoms with Gasteiger partial charge in [0.1, 0.15) is 5.75 Å². The van der Waals surface area contributed by atoms with Gasteiger partial charge in [-0.25, -0.2) is 4.99 Å². The van der Waals surface area contributed by atoms with Gasteiger partial charge in [0.25, 0.3) is 5.69 Å². The Labute approximate surface area is 175 Å². The standard InChI is InChI=1S/C19H22N4O3.HI/c1-3-11-20-19(22-14-16-5-4-6-18(12-16)26-2)21-13-15-7-9-17(10-8-15)23(24)25;/h3-10,12H,1,11,13-14H2,2H3,(H2,20,21,22);1H. The van der Waals surface area contributed by atoms with Crippen LogP contribution in [0, 0.1) is 10.1 Å². The lowest BCUT2D eigenvalue weighted by Crippen LogP contribution is -2.37. The highest BCUT2D eigenvalue weighted by Crippen LogP contribution is 2.13. The van der Waals surface area contributed by atoms with Gasteiger partial charge in [0.05, 0.1) is 18.6 Å². The summed E-state index contributed by atoms with van der Waals surface area (Å²) in [6.07, 6.45) is 1.74. The van der Waals surface area contributed by atoms with Gasteiger partial charge in [-0.2, -0.15) is 0 Å². The molecule has 2 N–H and O–H groups in total. The molecule has 8 heteroatoms. The number of ether oxygens (including phenoxy) is 1. The Bertz CT molecular complexity index is 779.